The molecule has 0 N–H and O–H groups in total. The van der Waals surface area contributed by atoms with Gasteiger partial charge in [-0.1, -0.05) is 50.2 Å². The molecule has 3 rings (SSSR count). The van der Waals surface area contributed by atoms with Gasteiger partial charge in [-0.2, -0.15) is 0 Å². The minimum Gasteiger partial charge on any atom is -0.465 e. The van der Waals surface area contributed by atoms with Crippen LogP contribution in [0.3, 0.4) is 0 Å². The van der Waals surface area contributed by atoms with Gasteiger partial charge in [0.25, 0.3) is 0 Å². The number of thiazole rings is 1. The maximum Gasteiger partial charge on any atom is 0.340 e. The summed E-state index contributed by atoms with van der Waals surface area (Å²) in [7, 11) is 1.36. The molecule has 1 aromatic heterocycles. The van der Waals surface area contributed by atoms with Crippen LogP contribution in [-0.2, 0) is 16.1 Å². The fraction of sp³-hybridized carbons (Fsp3) is 0.318. The number of rotatable bonds is 6. The smallest absolute Gasteiger partial charge is 0.340 e. The normalized spacial score (nSPS) is 12.2. The van der Waals surface area contributed by atoms with Crippen LogP contribution in [0, 0.1) is 5.92 Å². The molecular formula is C22H24N2O3S. The predicted octanol–water partition coefficient (Wildman–Crippen LogP) is 4.83. The lowest BCUT2D eigenvalue weighted by molar-refractivity contribution is -0.133. The van der Waals surface area contributed by atoms with E-state index in [2.05, 4.69) is 13.8 Å². The second-order valence-electron chi connectivity index (χ2n) is 7.02. The number of hydrogen-bond donors (Lipinski definition) is 0. The summed E-state index contributed by atoms with van der Waals surface area (Å²) in [5.41, 5.74) is 2.14. The molecule has 0 aliphatic heterocycles. The van der Waals surface area contributed by atoms with Crippen LogP contribution < -0.4 is 0 Å². The van der Waals surface area contributed by atoms with Crippen molar-refractivity contribution in [1.29, 1.82) is 0 Å². The highest BCUT2D eigenvalue weighted by molar-refractivity contribution is 7.18. The second-order valence-corrected chi connectivity index (χ2v) is 8.08. The van der Waals surface area contributed by atoms with Gasteiger partial charge >= 0.3 is 5.97 Å². The van der Waals surface area contributed by atoms with Gasteiger partial charge in [0, 0.05) is 13.5 Å². The van der Waals surface area contributed by atoms with E-state index >= 15 is 0 Å². The van der Waals surface area contributed by atoms with Gasteiger partial charge < -0.3 is 9.64 Å². The van der Waals surface area contributed by atoms with Gasteiger partial charge in [0.1, 0.15) is 5.01 Å². The Labute approximate surface area is 169 Å². The Morgan fingerprint density at radius 3 is 2.43 bits per heavy atom. The van der Waals surface area contributed by atoms with E-state index < -0.39 is 5.97 Å². The molecule has 0 aliphatic carbocycles. The highest BCUT2D eigenvalue weighted by Crippen LogP contribution is 2.36. The average Bonchev–Trinajstić information content (AvgIpc) is 3.10. The lowest BCUT2D eigenvalue weighted by Gasteiger charge is -2.32. The molecule has 0 radical (unpaired) electrons. The summed E-state index contributed by atoms with van der Waals surface area (Å²) in [5, 5.41) is 0.826. The molecule has 146 valence electrons. The van der Waals surface area contributed by atoms with Crippen molar-refractivity contribution in [2.75, 3.05) is 7.11 Å². The van der Waals surface area contributed by atoms with Crippen LogP contribution in [0.15, 0.2) is 48.5 Å². The Bertz CT molecular complexity index is 982. The molecule has 1 amide bonds. The minimum atomic E-state index is -0.406. The van der Waals surface area contributed by atoms with Gasteiger partial charge in [-0.05, 0) is 23.6 Å². The number of carbonyl (C=O) groups excluding carboxylic acids is 2. The number of carbonyl (C=O) groups is 2. The topological polar surface area (TPSA) is 59.5 Å². The standard InChI is InChI=1S/C22H24N2O3S/c1-14(2)20(24(15(3)25)13-16-9-6-5-7-10-16)21-23-19-17(22(26)27-4)11-8-12-18(19)28-21/h5-12,14,20H,13H2,1-4H3. The molecule has 2 aromatic carbocycles. The summed E-state index contributed by atoms with van der Waals surface area (Å²) in [6.07, 6.45) is 0. The van der Waals surface area contributed by atoms with Crippen molar-refractivity contribution in [3.05, 3.63) is 64.7 Å². The van der Waals surface area contributed by atoms with Crippen molar-refractivity contribution in [2.45, 2.75) is 33.4 Å². The minimum absolute atomic E-state index is 0.00463. The maximum absolute atomic E-state index is 12.5. The molecule has 3 aromatic rings. The number of para-hydroxylation sites is 1. The third-order valence-corrected chi connectivity index (χ3v) is 5.75. The second kappa shape index (κ2) is 8.52. The lowest BCUT2D eigenvalue weighted by atomic mass is 10.0. The zero-order chi connectivity index (χ0) is 20.3. The van der Waals surface area contributed by atoms with Gasteiger partial charge in [-0.15, -0.1) is 11.3 Å². The van der Waals surface area contributed by atoms with Crippen molar-refractivity contribution >= 4 is 33.4 Å². The summed E-state index contributed by atoms with van der Waals surface area (Å²) in [6, 6.07) is 15.2. The van der Waals surface area contributed by atoms with Crippen LogP contribution >= 0.6 is 11.3 Å². The molecule has 0 saturated heterocycles. The molecule has 0 bridgehead atoms. The number of methoxy groups -OCH3 is 1. The largest absolute Gasteiger partial charge is 0.465 e. The average molecular weight is 397 g/mol. The zero-order valence-corrected chi connectivity index (χ0v) is 17.3. The highest BCUT2D eigenvalue weighted by Gasteiger charge is 2.29. The SMILES string of the molecule is COC(=O)c1cccc2sc(C(C(C)C)N(Cc3ccccc3)C(C)=O)nc12. The Morgan fingerprint density at radius 1 is 1.11 bits per heavy atom. The summed E-state index contributed by atoms with van der Waals surface area (Å²) >= 11 is 1.52. The first-order chi connectivity index (χ1) is 13.4. The lowest BCUT2D eigenvalue weighted by Crippen LogP contribution is -2.35. The highest BCUT2D eigenvalue weighted by atomic mass is 32.1. The number of amides is 1. The number of nitrogens with zero attached hydrogens (tertiary/aromatic N) is 2. The van der Waals surface area contributed by atoms with Gasteiger partial charge in [-0.25, -0.2) is 9.78 Å². The molecule has 1 unspecified atom stereocenters. The number of aromatic nitrogens is 1. The van der Waals surface area contributed by atoms with Crippen molar-refractivity contribution in [3.63, 3.8) is 0 Å². The van der Waals surface area contributed by atoms with E-state index in [1.807, 2.05) is 47.4 Å². The van der Waals surface area contributed by atoms with Gasteiger partial charge in [0.2, 0.25) is 5.91 Å². The number of esters is 1. The van der Waals surface area contributed by atoms with Crippen LogP contribution in [0.2, 0.25) is 0 Å². The Morgan fingerprint density at radius 2 is 1.82 bits per heavy atom. The molecule has 28 heavy (non-hydrogen) atoms. The summed E-state index contributed by atoms with van der Waals surface area (Å²) in [6.45, 7) is 6.27. The van der Waals surface area contributed by atoms with Crippen molar-refractivity contribution in [3.8, 4) is 0 Å². The monoisotopic (exact) mass is 396 g/mol. The van der Waals surface area contributed by atoms with E-state index in [0.29, 0.717) is 17.6 Å². The first-order valence-corrected chi connectivity index (χ1v) is 10.0. The Hall–Kier alpha value is -2.73. The van der Waals surface area contributed by atoms with Gasteiger partial charge in [-0.3, -0.25) is 4.79 Å². The molecule has 1 atom stereocenters. The van der Waals surface area contributed by atoms with Crippen molar-refractivity contribution in [2.24, 2.45) is 5.92 Å². The van der Waals surface area contributed by atoms with E-state index in [4.69, 9.17) is 9.72 Å². The molecule has 6 heteroatoms. The third-order valence-electron chi connectivity index (χ3n) is 4.66. The number of benzene rings is 2. The Balaban J connectivity index is 2.05. The van der Waals surface area contributed by atoms with Crippen LogP contribution in [0.4, 0.5) is 0 Å². The van der Waals surface area contributed by atoms with Crippen molar-refractivity contribution in [1.82, 2.24) is 9.88 Å². The molecular weight excluding hydrogens is 372 g/mol. The van der Waals surface area contributed by atoms with Crippen LogP contribution in [0.5, 0.6) is 0 Å². The fourth-order valence-corrected chi connectivity index (χ4v) is 4.61. The first-order valence-electron chi connectivity index (χ1n) is 9.21. The van der Waals surface area contributed by atoms with Crippen molar-refractivity contribution < 1.29 is 14.3 Å². The maximum atomic E-state index is 12.5. The molecule has 1 heterocycles. The Kier molecular flexibility index (Phi) is 6.09. The third kappa shape index (κ3) is 4.07. The van der Waals surface area contributed by atoms with Crippen LogP contribution in [0.1, 0.15) is 47.7 Å². The van der Waals surface area contributed by atoms with Gasteiger partial charge in [0.15, 0.2) is 0 Å². The zero-order valence-electron chi connectivity index (χ0n) is 16.5. The number of ether oxygens (including phenoxy) is 1. The quantitative estimate of drug-likeness (QED) is 0.560. The molecule has 5 nitrogen and oxygen atoms in total. The van der Waals surface area contributed by atoms with Gasteiger partial charge in [0.05, 0.1) is 28.9 Å². The summed E-state index contributed by atoms with van der Waals surface area (Å²) in [4.78, 5) is 31.3. The fourth-order valence-electron chi connectivity index (χ4n) is 3.33. The molecule has 0 aliphatic rings. The van der Waals surface area contributed by atoms with E-state index in [9.17, 15) is 9.59 Å². The van der Waals surface area contributed by atoms with E-state index in [1.165, 1.54) is 18.4 Å². The summed E-state index contributed by atoms with van der Waals surface area (Å²) in [5.74, 6) is -0.249. The molecule has 0 saturated carbocycles. The van der Waals surface area contributed by atoms with E-state index in [0.717, 1.165) is 15.3 Å². The van der Waals surface area contributed by atoms with Crippen LogP contribution in [-0.4, -0.2) is 28.9 Å². The molecule has 0 fully saturated rings. The van der Waals surface area contributed by atoms with E-state index in [1.54, 1.807) is 13.0 Å². The summed E-state index contributed by atoms with van der Waals surface area (Å²) < 4.78 is 5.80. The molecule has 0 spiro atoms. The number of fused-ring (bicyclic) bond motifs is 1. The number of hydrogen-bond acceptors (Lipinski definition) is 5. The van der Waals surface area contributed by atoms with E-state index in [-0.39, 0.29) is 17.9 Å². The predicted molar refractivity (Wildman–Crippen MR) is 111 cm³/mol. The first kappa shape index (κ1) is 20.0. The van der Waals surface area contributed by atoms with Crippen LogP contribution in [0.25, 0.3) is 10.2 Å².